The van der Waals surface area contributed by atoms with E-state index in [0.717, 1.165) is 112 Å². The van der Waals surface area contributed by atoms with E-state index in [4.69, 9.17) is 4.98 Å². The predicted octanol–water partition coefficient (Wildman–Crippen LogP) is 17.6. The van der Waals surface area contributed by atoms with Gasteiger partial charge in [-0.1, -0.05) is 203 Å². The molecule has 0 fully saturated rings. The van der Waals surface area contributed by atoms with Crippen molar-refractivity contribution < 1.29 is 20.1 Å². The topological polar surface area (TPSA) is 38.7 Å². The summed E-state index contributed by atoms with van der Waals surface area (Å²) in [6, 6.07) is 98.5. The SMILES string of the molecule is [Ir+3].[c-]1cc(-c2ccccc2-c2cc(-c3ccccc3-c3c[c-]c(-c4ccccn4)cc3)cc(-c3ccccc3-c3c[c-]c(-c4ccccn4)cc3-c3ccc(-c4ccccc4)cc3)c2)ccc1-c1ccccn1. The molecule has 0 radical (unpaired) electrons. The van der Waals surface area contributed by atoms with Crippen LogP contribution >= 0.6 is 0 Å². The molecule has 3 nitrogen and oxygen atoms in total. The standard InChI is InChI=1S/C69H44N3.Ir/c1-2-16-48(17-3-1)49-27-29-52(30-28-49)66-47-55(69-26-12-15-43-72-69)39-40-65(66)64-23-9-8-22-63(64)58-45-56(61-20-6-4-18-59(61)50-31-35-53(36-32-50)67-24-10-13-41-70-67)44-57(46-58)62-21-7-5-19-60(62)51-33-37-54(38-34-51)68-25-11-14-42-71-68;/h1-35,37,40-47H;/q-3;+3. The molecule has 344 valence electrons. The molecule has 3 aromatic heterocycles. The van der Waals surface area contributed by atoms with Gasteiger partial charge in [0, 0.05) is 18.6 Å². The fourth-order valence-electron chi connectivity index (χ4n) is 9.68. The third kappa shape index (κ3) is 9.79. The van der Waals surface area contributed by atoms with E-state index in [1.54, 1.807) is 0 Å². The van der Waals surface area contributed by atoms with Gasteiger partial charge >= 0.3 is 20.1 Å². The molecular weight excluding hydrogens is 1060 g/mol. The van der Waals surface area contributed by atoms with Gasteiger partial charge in [0.05, 0.1) is 0 Å². The second-order valence-electron chi connectivity index (χ2n) is 17.7. The Bertz CT molecular complexity index is 3660. The average Bonchev–Trinajstić information content (AvgIpc) is 3.48. The molecule has 0 bridgehead atoms. The normalized spacial score (nSPS) is 10.9. The average molecular weight is 1110 g/mol. The van der Waals surface area contributed by atoms with Crippen LogP contribution in [0, 0.1) is 18.2 Å². The van der Waals surface area contributed by atoms with Gasteiger partial charge in [-0.2, -0.15) is 0 Å². The van der Waals surface area contributed by atoms with Gasteiger partial charge in [-0.05, 0) is 104 Å². The zero-order chi connectivity index (χ0) is 48.1. The summed E-state index contributed by atoms with van der Waals surface area (Å²) in [6.07, 6.45) is 5.48. The summed E-state index contributed by atoms with van der Waals surface area (Å²) in [5, 5.41) is 0. The Balaban J connectivity index is 0.00000574. The fraction of sp³-hybridized carbons (Fsp3) is 0. The van der Waals surface area contributed by atoms with E-state index in [1.807, 2.05) is 73.2 Å². The van der Waals surface area contributed by atoms with Crippen molar-refractivity contribution in [2.24, 2.45) is 0 Å². The minimum Gasteiger partial charge on any atom is -0.305 e. The van der Waals surface area contributed by atoms with Gasteiger partial charge in [-0.25, -0.2) is 0 Å². The third-order valence-corrected chi connectivity index (χ3v) is 13.3. The van der Waals surface area contributed by atoms with Gasteiger partial charge in [0.1, 0.15) is 0 Å². The molecule has 0 aliphatic carbocycles. The van der Waals surface area contributed by atoms with Gasteiger partial charge in [0.15, 0.2) is 0 Å². The molecule has 73 heavy (non-hydrogen) atoms. The largest absolute Gasteiger partial charge is 3.00 e. The van der Waals surface area contributed by atoms with E-state index in [-0.39, 0.29) is 20.1 Å². The second-order valence-corrected chi connectivity index (χ2v) is 17.7. The minimum atomic E-state index is 0. The molecule has 0 aliphatic rings. The Hall–Kier alpha value is -8.92. The molecule has 0 saturated heterocycles. The van der Waals surface area contributed by atoms with Crippen LogP contribution < -0.4 is 0 Å². The van der Waals surface area contributed by atoms with Crippen molar-refractivity contribution in [3.05, 3.63) is 286 Å². The van der Waals surface area contributed by atoms with Crippen LogP contribution in [0.1, 0.15) is 0 Å². The smallest absolute Gasteiger partial charge is 0.305 e. The van der Waals surface area contributed by atoms with Crippen molar-refractivity contribution in [2.75, 3.05) is 0 Å². The van der Waals surface area contributed by atoms with Gasteiger partial charge in [-0.3, -0.25) is 0 Å². The predicted molar refractivity (Wildman–Crippen MR) is 296 cm³/mol. The van der Waals surface area contributed by atoms with Crippen LogP contribution in [-0.2, 0) is 20.1 Å². The molecule has 12 aromatic rings. The molecule has 0 atom stereocenters. The van der Waals surface area contributed by atoms with Crippen LogP contribution in [0.3, 0.4) is 0 Å². The number of pyridine rings is 3. The van der Waals surface area contributed by atoms with Crippen LogP contribution in [0.15, 0.2) is 267 Å². The number of aromatic nitrogens is 3. The van der Waals surface area contributed by atoms with Gasteiger partial charge in [0.2, 0.25) is 0 Å². The number of nitrogens with zero attached hydrogens (tertiary/aromatic N) is 3. The minimum absolute atomic E-state index is 0. The zero-order valence-electron chi connectivity index (χ0n) is 39.6. The molecular formula is C69H44IrN3. The van der Waals surface area contributed by atoms with E-state index in [1.165, 1.54) is 11.1 Å². The Labute approximate surface area is 440 Å². The summed E-state index contributed by atoms with van der Waals surface area (Å²) < 4.78 is 0. The maximum absolute atomic E-state index is 4.74. The Morgan fingerprint density at radius 1 is 0.219 bits per heavy atom. The summed E-state index contributed by atoms with van der Waals surface area (Å²) >= 11 is 0. The summed E-state index contributed by atoms with van der Waals surface area (Å²) in [5.41, 5.74) is 23.3. The van der Waals surface area contributed by atoms with E-state index in [0.29, 0.717) is 0 Å². The maximum Gasteiger partial charge on any atom is 3.00 e. The first-order valence-corrected chi connectivity index (χ1v) is 24.1. The molecule has 12 rings (SSSR count). The van der Waals surface area contributed by atoms with Crippen LogP contribution in [0.4, 0.5) is 0 Å². The van der Waals surface area contributed by atoms with Crippen molar-refractivity contribution in [3.63, 3.8) is 0 Å². The van der Waals surface area contributed by atoms with Crippen molar-refractivity contribution in [3.8, 4) is 123 Å². The van der Waals surface area contributed by atoms with E-state index in [9.17, 15) is 0 Å². The summed E-state index contributed by atoms with van der Waals surface area (Å²) in [7, 11) is 0. The molecule has 4 heteroatoms. The molecule has 0 amide bonds. The van der Waals surface area contributed by atoms with Crippen molar-refractivity contribution >= 4 is 0 Å². The first-order chi connectivity index (χ1) is 35.7. The molecule has 0 N–H and O–H groups in total. The summed E-state index contributed by atoms with van der Waals surface area (Å²) in [6.45, 7) is 0. The van der Waals surface area contributed by atoms with Crippen molar-refractivity contribution in [2.45, 2.75) is 0 Å². The Kier molecular flexibility index (Phi) is 13.5. The van der Waals surface area contributed by atoms with Crippen LogP contribution in [0.5, 0.6) is 0 Å². The van der Waals surface area contributed by atoms with Crippen molar-refractivity contribution in [1.29, 1.82) is 0 Å². The quantitative estimate of drug-likeness (QED) is 0.121. The number of hydrogen-bond acceptors (Lipinski definition) is 3. The van der Waals surface area contributed by atoms with Crippen LogP contribution in [-0.4, -0.2) is 15.0 Å². The molecule has 0 saturated carbocycles. The first kappa shape index (κ1) is 46.5. The first-order valence-electron chi connectivity index (χ1n) is 24.1. The van der Waals surface area contributed by atoms with E-state index < -0.39 is 0 Å². The zero-order valence-corrected chi connectivity index (χ0v) is 42.0. The van der Waals surface area contributed by atoms with Gasteiger partial charge < -0.3 is 15.0 Å². The van der Waals surface area contributed by atoms with Gasteiger partial charge in [-0.15, -0.1) is 83.4 Å². The molecule has 0 aliphatic heterocycles. The molecule has 0 unspecified atom stereocenters. The Morgan fingerprint density at radius 2 is 0.575 bits per heavy atom. The van der Waals surface area contributed by atoms with E-state index >= 15 is 0 Å². The van der Waals surface area contributed by atoms with Crippen molar-refractivity contribution in [1.82, 2.24) is 15.0 Å². The number of rotatable bonds is 11. The molecule has 0 spiro atoms. The van der Waals surface area contributed by atoms with Crippen LogP contribution in [0.25, 0.3) is 123 Å². The maximum atomic E-state index is 4.74. The second kappa shape index (κ2) is 21.2. The van der Waals surface area contributed by atoms with Crippen LogP contribution in [0.2, 0.25) is 0 Å². The monoisotopic (exact) mass is 1110 g/mol. The molecule has 3 heterocycles. The fourth-order valence-corrected chi connectivity index (χ4v) is 9.68. The molecule has 9 aromatic carbocycles. The summed E-state index contributed by atoms with van der Waals surface area (Å²) in [4.78, 5) is 13.9. The third-order valence-electron chi connectivity index (χ3n) is 13.3. The number of benzene rings is 9. The number of hydrogen-bond donors (Lipinski definition) is 0. The summed E-state index contributed by atoms with van der Waals surface area (Å²) in [5.74, 6) is 0. The van der Waals surface area contributed by atoms with E-state index in [2.05, 4.69) is 222 Å². The van der Waals surface area contributed by atoms with Gasteiger partial charge in [0.25, 0.3) is 0 Å². The Morgan fingerprint density at radius 3 is 1.01 bits per heavy atom.